The van der Waals surface area contributed by atoms with Crippen LogP contribution in [0.1, 0.15) is 6.92 Å². The third kappa shape index (κ3) is 3.05. The summed E-state index contributed by atoms with van der Waals surface area (Å²) in [6, 6.07) is 0.385. The molecule has 5 nitrogen and oxygen atoms in total. The lowest BCUT2D eigenvalue weighted by Gasteiger charge is -2.20. The smallest absolute Gasteiger partial charge is 0.282 e. The number of aromatic nitrogens is 2. The summed E-state index contributed by atoms with van der Waals surface area (Å²) >= 11 is 3.27. The van der Waals surface area contributed by atoms with Crippen LogP contribution in [0.5, 0.6) is 0 Å². The summed E-state index contributed by atoms with van der Waals surface area (Å²) in [7, 11) is 5.66. The van der Waals surface area contributed by atoms with Crippen molar-refractivity contribution in [2.24, 2.45) is 7.05 Å². The van der Waals surface area contributed by atoms with E-state index >= 15 is 0 Å². The van der Waals surface area contributed by atoms with Gasteiger partial charge in [0.15, 0.2) is 0 Å². The van der Waals surface area contributed by atoms with Crippen LogP contribution in [0, 0.1) is 0 Å². The SMILES string of the molecule is CC(CNc1cnn(C)c(=O)c1Br)N(C)C. The second-order valence-electron chi connectivity index (χ2n) is 3.99. The molecule has 1 unspecified atom stereocenters. The molecule has 1 aromatic rings. The first-order valence-electron chi connectivity index (χ1n) is 5.05. The Balaban J connectivity index is 2.76. The summed E-state index contributed by atoms with van der Waals surface area (Å²) in [5, 5.41) is 7.16. The summed E-state index contributed by atoms with van der Waals surface area (Å²) in [6.07, 6.45) is 1.65. The maximum atomic E-state index is 11.6. The molecule has 1 atom stereocenters. The van der Waals surface area contributed by atoms with E-state index in [0.29, 0.717) is 10.5 Å². The molecule has 6 heteroatoms. The van der Waals surface area contributed by atoms with Gasteiger partial charge in [-0.25, -0.2) is 4.68 Å². The molecule has 1 N–H and O–H groups in total. The number of nitrogens with zero attached hydrogens (tertiary/aromatic N) is 3. The van der Waals surface area contributed by atoms with Crippen LogP contribution < -0.4 is 10.9 Å². The molecule has 0 aliphatic heterocycles. The third-order valence-electron chi connectivity index (χ3n) is 2.55. The molecule has 0 bridgehead atoms. The zero-order valence-electron chi connectivity index (χ0n) is 9.99. The van der Waals surface area contributed by atoms with Gasteiger partial charge in [0.2, 0.25) is 0 Å². The van der Waals surface area contributed by atoms with Gasteiger partial charge < -0.3 is 10.2 Å². The number of anilines is 1. The Morgan fingerprint density at radius 3 is 2.81 bits per heavy atom. The summed E-state index contributed by atoms with van der Waals surface area (Å²) < 4.78 is 1.82. The van der Waals surface area contributed by atoms with Crippen LogP contribution in [-0.2, 0) is 7.05 Å². The third-order valence-corrected chi connectivity index (χ3v) is 3.31. The fraction of sp³-hybridized carbons (Fsp3) is 0.600. The molecule has 90 valence electrons. The Morgan fingerprint density at radius 2 is 2.25 bits per heavy atom. The Bertz CT molecular complexity index is 416. The molecule has 1 heterocycles. The van der Waals surface area contributed by atoms with Crippen molar-refractivity contribution in [2.45, 2.75) is 13.0 Å². The maximum Gasteiger partial charge on any atom is 0.282 e. The van der Waals surface area contributed by atoms with Crippen molar-refractivity contribution >= 4 is 21.6 Å². The van der Waals surface area contributed by atoms with Crippen molar-refractivity contribution in [1.82, 2.24) is 14.7 Å². The molecule has 1 rings (SSSR count). The van der Waals surface area contributed by atoms with Gasteiger partial charge in [0.05, 0.1) is 11.9 Å². The van der Waals surface area contributed by atoms with Gasteiger partial charge in [-0.3, -0.25) is 4.79 Å². The topological polar surface area (TPSA) is 50.2 Å². The zero-order valence-corrected chi connectivity index (χ0v) is 11.6. The lowest BCUT2D eigenvalue weighted by Crippen LogP contribution is -2.32. The quantitative estimate of drug-likeness (QED) is 0.895. The van der Waals surface area contributed by atoms with E-state index in [-0.39, 0.29) is 5.56 Å². The van der Waals surface area contributed by atoms with E-state index in [1.165, 1.54) is 4.68 Å². The number of likely N-dealkylation sites (N-methyl/N-ethyl adjacent to an activating group) is 1. The van der Waals surface area contributed by atoms with Gasteiger partial charge in [-0.05, 0) is 36.9 Å². The first-order chi connectivity index (χ1) is 7.43. The monoisotopic (exact) mass is 288 g/mol. The molecule has 0 fully saturated rings. The lowest BCUT2D eigenvalue weighted by molar-refractivity contribution is 0.326. The molecular formula is C10H17BrN4O. The first-order valence-corrected chi connectivity index (χ1v) is 5.85. The molecule has 0 saturated heterocycles. The van der Waals surface area contributed by atoms with E-state index in [4.69, 9.17) is 0 Å². The van der Waals surface area contributed by atoms with Crippen molar-refractivity contribution < 1.29 is 0 Å². The van der Waals surface area contributed by atoms with Gasteiger partial charge in [0, 0.05) is 19.6 Å². The molecule has 0 saturated carbocycles. The normalized spacial score (nSPS) is 12.9. The standard InChI is InChI=1S/C10H17BrN4O/c1-7(14(2)3)5-12-8-6-13-15(4)10(16)9(8)11/h6-7,12H,5H2,1-4H3. The summed E-state index contributed by atoms with van der Waals surface area (Å²) in [5.41, 5.74) is 0.597. The average Bonchev–Trinajstić information content (AvgIpc) is 2.24. The van der Waals surface area contributed by atoms with Crippen LogP contribution >= 0.6 is 15.9 Å². The predicted molar refractivity (Wildman–Crippen MR) is 68.8 cm³/mol. The van der Waals surface area contributed by atoms with Gasteiger partial charge in [0.25, 0.3) is 5.56 Å². The minimum atomic E-state index is -0.137. The highest BCUT2D eigenvalue weighted by Crippen LogP contribution is 2.15. The van der Waals surface area contributed by atoms with Crippen LogP contribution in [0.4, 0.5) is 5.69 Å². The van der Waals surface area contributed by atoms with Crippen molar-refractivity contribution in [3.63, 3.8) is 0 Å². The van der Waals surface area contributed by atoms with Crippen molar-refractivity contribution in [3.05, 3.63) is 21.0 Å². The van der Waals surface area contributed by atoms with Crippen LogP contribution in [0.3, 0.4) is 0 Å². The molecule has 0 spiro atoms. The van der Waals surface area contributed by atoms with Gasteiger partial charge in [-0.2, -0.15) is 5.10 Å². The van der Waals surface area contributed by atoms with E-state index < -0.39 is 0 Å². The molecule has 0 amide bonds. The van der Waals surface area contributed by atoms with Crippen molar-refractivity contribution in [2.75, 3.05) is 26.0 Å². The minimum absolute atomic E-state index is 0.137. The minimum Gasteiger partial charge on any atom is -0.381 e. The number of rotatable bonds is 4. The van der Waals surface area contributed by atoms with Gasteiger partial charge >= 0.3 is 0 Å². The number of hydrogen-bond acceptors (Lipinski definition) is 4. The highest BCUT2D eigenvalue weighted by Gasteiger charge is 2.08. The molecule has 0 aliphatic carbocycles. The lowest BCUT2D eigenvalue weighted by atomic mass is 10.3. The van der Waals surface area contributed by atoms with E-state index in [1.54, 1.807) is 13.2 Å². The first kappa shape index (κ1) is 13.2. The fourth-order valence-corrected chi connectivity index (χ4v) is 1.57. The number of nitrogens with one attached hydrogen (secondary N) is 1. The summed E-state index contributed by atoms with van der Waals surface area (Å²) in [5.74, 6) is 0. The number of aryl methyl sites for hydroxylation is 1. The molecular weight excluding hydrogens is 272 g/mol. The summed E-state index contributed by atoms with van der Waals surface area (Å²) in [6.45, 7) is 2.87. The number of halogens is 1. The molecule has 0 radical (unpaired) electrons. The van der Waals surface area contributed by atoms with E-state index in [1.807, 2.05) is 14.1 Å². The van der Waals surface area contributed by atoms with Crippen LogP contribution in [0.2, 0.25) is 0 Å². The highest BCUT2D eigenvalue weighted by atomic mass is 79.9. The number of hydrogen-bond donors (Lipinski definition) is 1. The van der Waals surface area contributed by atoms with E-state index in [2.05, 4.69) is 38.2 Å². The molecule has 0 aliphatic rings. The predicted octanol–water partition coefficient (Wildman–Crippen LogP) is 0.905. The van der Waals surface area contributed by atoms with Crippen molar-refractivity contribution in [3.8, 4) is 0 Å². The van der Waals surface area contributed by atoms with E-state index in [9.17, 15) is 4.79 Å². The van der Waals surface area contributed by atoms with Gasteiger partial charge in [0.1, 0.15) is 4.47 Å². The van der Waals surface area contributed by atoms with Crippen LogP contribution in [0.25, 0.3) is 0 Å². The fourth-order valence-electron chi connectivity index (χ4n) is 1.07. The van der Waals surface area contributed by atoms with Gasteiger partial charge in [-0.1, -0.05) is 0 Å². The maximum absolute atomic E-state index is 11.6. The summed E-state index contributed by atoms with van der Waals surface area (Å²) in [4.78, 5) is 13.7. The molecule has 16 heavy (non-hydrogen) atoms. The largest absolute Gasteiger partial charge is 0.381 e. The molecule has 0 aromatic carbocycles. The van der Waals surface area contributed by atoms with Crippen LogP contribution in [-0.4, -0.2) is 41.4 Å². The second kappa shape index (κ2) is 5.45. The Kier molecular flexibility index (Phi) is 4.49. The average molecular weight is 289 g/mol. The molecule has 1 aromatic heterocycles. The Morgan fingerprint density at radius 1 is 1.62 bits per heavy atom. The Labute approximate surface area is 104 Å². The zero-order chi connectivity index (χ0) is 12.3. The van der Waals surface area contributed by atoms with Gasteiger partial charge in [-0.15, -0.1) is 0 Å². The second-order valence-corrected chi connectivity index (χ2v) is 4.79. The highest BCUT2D eigenvalue weighted by molar-refractivity contribution is 9.10. The van der Waals surface area contributed by atoms with Crippen molar-refractivity contribution in [1.29, 1.82) is 0 Å². The Hall–Kier alpha value is -0.880. The van der Waals surface area contributed by atoms with E-state index in [0.717, 1.165) is 12.2 Å². The van der Waals surface area contributed by atoms with Crippen LogP contribution in [0.15, 0.2) is 15.5 Å².